The van der Waals surface area contributed by atoms with Crippen molar-refractivity contribution >= 4 is 11.5 Å². The van der Waals surface area contributed by atoms with E-state index in [2.05, 4.69) is 5.16 Å². The third-order valence-corrected chi connectivity index (χ3v) is 4.63. The Labute approximate surface area is 162 Å². The van der Waals surface area contributed by atoms with Gasteiger partial charge in [-0.05, 0) is 30.5 Å². The summed E-state index contributed by atoms with van der Waals surface area (Å²) in [5.74, 6) is 0.521. The Morgan fingerprint density at radius 1 is 1.18 bits per heavy atom. The number of methoxy groups -OCH3 is 1. The number of Topliss-reactive ketones (excluding diaryl/α,β-unsaturated/α-hetero) is 1. The fourth-order valence-corrected chi connectivity index (χ4v) is 3.15. The Hall–Kier alpha value is -3.48. The van der Waals surface area contributed by atoms with Crippen LogP contribution >= 0.6 is 0 Å². The molecule has 1 aromatic heterocycles. The van der Waals surface area contributed by atoms with E-state index in [0.29, 0.717) is 11.3 Å². The number of nitro groups is 1. The van der Waals surface area contributed by atoms with Gasteiger partial charge in [0.25, 0.3) is 0 Å². The summed E-state index contributed by atoms with van der Waals surface area (Å²) in [6.07, 6.45) is 0.384. The molecule has 7 nitrogen and oxygen atoms in total. The van der Waals surface area contributed by atoms with Gasteiger partial charge in [-0.3, -0.25) is 14.9 Å². The largest absolute Gasteiger partial charge is 0.497 e. The Morgan fingerprint density at radius 2 is 1.86 bits per heavy atom. The van der Waals surface area contributed by atoms with E-state index < -0.39 is 4.92 Å². The van der Waals surface area contributed by atoms with Crippen LogP contribution in [-0.2, 0) is 6.42 Å². The van der Waals surface area contributed by atoms with Crippen molar-refractivity contribution in [2.24, 2.45) is 0 Å². The second-order valence-electron chi connectivity index (χ2n) is 6.46. The first-order valence-electron chi connectivity index (χ1n) is 8.81. The maximum absolute atomic E-state index is 12.8. The molecule has 0 aliphatic heterocycles. The lowest BCUT2D eigenvalue weighted by molar-refractivity contribution is -0.386. The van der Waals surface area contributed by atoms with Crippen LogP contribution in [0.3, 0.4) is 0 Å². The quantitative estimate of drug-likeness (QED) is 0.324. The minimum Gasteiger partial charge on any atom is -0.497 e. The van der Waals surface area contributed by atoms with Crippen molar-refractivity contribution in [1.82, 2.24) is 5.16 Å². The van der Waals surface area contributed by atoms with Crippen LogP contribution in [-0.4, -0.2) is 23.0 Å². The molecule has 3 rings (SSSR count). The molecular formula is C21H20N2O5. The number of nitrogens with zero attached hydrogens (tertiary/aromatic N) is 2. The number of ether oxygens (including phenoxy) is 1. The minimum atomic E-state index is -0.495. The molecule has 0 unspecified atom stereocenters. The van der Waals surface area contributed by atoms with Crippen molar-refractivity contribution in [3.05, 3.63) is 87.3 Å². The maximum Gasteiger partial charge on any atom is 0.334 e. The zero-order chi connectivity index (χ0) is 20.1. The van der Waals surface area contributed by atoms with E-state index >= 15 is 0 Å². The van der Waals surface area contributed by atoms with Crippen LogP contribution in [0.25, 0.3) is 0 Å². The number of aromatic nitrogens is 1. The highest BCUT2D eigenvalue weighted by Crippen LogP contribution is 2.32. The molecule has 0 bridgehead atoms. The number of hydrogen-bond donors (Lipinski definition) is 0. The second-order valence-corrected chi connectivity index (χ2v) is 6.46. The van der Waals surface area contributed by atoms with Crippen LogP contribution in [0.4, 0.5) is 5.69 Å². The van der Waals surface area contributed by atoms with Crippen LogP contribution in [0.5, 0.6) is 5.75 Å². The summed E-state index contributed by atoms with van der Waals surface area (Å²) in [4.78, 5) is 23.6. The lowest BCUT2D eigenvalue weighted by Crippen LogP contribution is -2.11. The first-order chi connectivity index (χ1) is 13.5. The highest BCUT2D eigenvalue weighted by Gasteiger charge is 2.28. The average molecular weight is 380 g/mol. The molecule has 3 aromatic rings. The van der Waals surface area contributed by atoms with E-state index in [1.54, 1.807) is 43.5 Å². The molecule has 0 spiro atoms. The fraction of sp³-hybridized carbons (Fsp3) is 0.238. The fourth-order valence-electron chi connectivity index (χ4n) is 3.15. The molecule has 1 atom stereocenters. The van der Waals surface area contributed by atoms with Gasteiger partial charge in [0.2, 0.25) is 5.76 Å². The van der Waals surface area contributed by atoms with Gasteiger partial charge in [0, 0.05) is 18.4 Å². The third kappa shape index (κ3) is 4.25. The topological polar surface area (TPSA) is 95.5 Å². The van der Waals surface area contributed by atoms with E-state index in [1.165, 1.54) is 6.92 Å². The van der Waals surface area contributed by atoms with Gasteiger partial charge >= 0.3 is 5.69 Å². The monoisotopic (exact) mass is 380 g/mol. The van der Waals surface area contributed by atoms with E-state index in [0.717, 1.165) is 5.56 Å². The number of rotatable bonds is 8. The van der Waals surface area contributed by atoms with E-state index in [-0.39, 0.29) is 41.7 Å². The van der Waals surface area contributed by atoms with Crippen molar-refractivity contribution in [2.75, 3.05) is 7.11 Å². The molecule has 144 valence electrons. The highest BCUT2D eigenvalue weighted by atomic mass is 16.6. The zero-order valence-electron chi connectivity index (χ0n) is 15.6. The summed E-state index contributed by atoms with van der Waals surface area (Å²) in [6.45, 7) is 1.53. The maximum atomic E-state index is 12.8. The highest BCUT2D eigenvalue weighted by molar-refractivity contribution is 5.96. The lowest BCUT2D eigenvalue weighted by Gasteiger charge is -2.16. The van der Waals surface area contributed by atoms with Crippen LogP contribution in [0.2, 0.25) is 0 Å². The molecule has 0 radical (unpaired) electrons. The molecule has 0 fully saturated rings. The van der Waals surface area contributed by atoms with Gasteiger partial charge in [-0.15, -0.1) is 0 Å². The van der Waals surface area contributed by atoms with Gasteiger partial charge in [-0.1, -0.05) is 47.6 Å². The molecular weight excluding hydrogens is 360 g/mol. The van der Waals surface area contributed by atoms with Crippen LogP contribution in [0.1, 0.15) is 39.7 Å². The molecule has 0 N–H and O–H groups in total. The van der Waals surface area contributed by atoms with Crippen LogP contribution in [0, 0.1) is 17.0 Å². The second kappa shape index (κ2) is 8.47. The molecule has 28 heavy (non-hydrogen) atoms. The van der Waals surface area contributed by atoms with E-state index in [9.17, 15) is 14.9 Å². The number of ketones is 1. The minimum absolute atomic E-state index is 0.0414. The molecule has 0 saturated heterocycles. The number of benzene rings is 2. The Bertz CT molecular complexity index is 964. The van der Waals surface area contributed by atoms with Crippen molar-refractivity contribution in [1.29, 1.82) is 0 Å². The first kappa shape index (κ1) is 19.3. The normalized spacial score (nSPS) is 11.8. The number of carbonyl (C=O) groups is 1. The molecule has 0 aliphatic carbocycles. The van der Waals surface area contributed by atoms with E-state index in [4.69, 9.17) is 9.26 Å². The summed E-state index contributed by atoms with van der Waals surface area (Å²) >= 11 is 0. The predicted molar refractivity (Wildman–Crippen MR) is 103 cm³/mol. The standard InChI is InChI=1S/C21H20N2O5/c1-14-21(23(25)26)20(28-22-14)13-17(15-8-10-18(27-2)11-9-15)12-19(24)16-6-4-3-5-7-16/h3-11,17H,12-13H2,1-2H3/t17-/m1/s1. The predicted octanol–water partition coefficient (Wildman–Crippen LogP) is 4.50. The van der Waals surface area contributed by atoms with Gasteiger partial charge in [0.15, 0.2) is 11.5 Å². The summed E-state index contributed by atoms with van der Waals surface area (Å²) < 4.78 is 10.4. The van der Waals surface area contributed by atoms with Crippen LogP contribution < -0.4 is 4.74 Å². The number of carbonyl (C=O) groups excluding carboxylic acids is 1. The Kier molecular flexibility index (Phi) is 5.84. The van der Waals surface area contributed by atoms with Gasteiger partial charge in [-0.25, -0.2) is 0 Å². The summed E-state index contributed by atoms with van der Waals surface area (Å²) in [5.41, 5.74) is 1.56. The van der Waals surface area contributed by atoms with E-state index in [1.807, 2.05) is 18.2 Å². The molecule has 1 heterocycles. The molecule has 2 aromatic carbocycles. The number of aryl methyl sites for hydroxylation is 1. The average Bonchev–Trinajstić information content (AvgIpc) is 3.08. The zero-order valence-corrected chi connectivity index (χ0v) is 15.6. The van der Waals surface area contributed by atoms with Gasteiger partial charge in [0.05, 0.1) is 12.0 Å². The van der Waals surface area contributed by atoms with Crippen molar-refractivity contribution in [3.8, 4) is 5.75 Å². The van der Waals surface area contributed by atoms with Crippen LogP contribution in [0.15, 0.2) is 59.1 Å². The molecule has 7 heteroatoms. The smallest absolute Gasteiger partial charge is 0.334 e. The van der Waals surface area contributed by atoms with Crippen molar-refractivity contribution in [3.63, 3.8) is 0 Å². The Morgan fingerprint density at radius 3 is 2.46 bits per heavy atom. The lowest BCUT2D eigenvalue weighted by atomic mass is 9.88. The molecule has 0 aliphatic rings. The van der Waals surface area contributed by atoms with Crippen molar-refractivity contribution < 1.29 is 19.0 Å². The van der Waals surface area contributed by atoms with Gasteiger partial charge < -0.3 is 9.26 Å². The summed E-state index contributed by atoms with van der Waals surface area (Å²) in [5, 5.41) is 15.1. The SMILES string of the molecule is COc1ccc([C@H](CC(=O)c2ccccc2)Cc2onc(C)c2[N+](=O)[O-])cc1. The first-order valence-corrected chi connectivity index (χ1v) is 8.81. The van der Waals surface area contributed by atoms with Gasteiger partial charge in [-0.2, -0.15) is 0 Å². The van der Waals surface area contributed by atoms with Gasteiger partial charge in [0.1, 0.15) is 5.75 Å². The summed E-state index contributed by atoms with van der Waals surface area (Å²) in [6, 6.07) is 16.3. The van der Waals surface area contributed by atoms with Crippen molar-refractivity contribution in [2.45, 2.75) is 25.7 Å². The Balaban J connectivity index is 1.92. The molecule has 0 saturated carbocycles. The third-order valence-electron chi connectivity index (χ3n) is 4.63. The molecule has 0 amide bonds. The summed E-state index contributed by atoms with van der Waals surface area (Å²) in [7, 11) is 1.58. The number of hydrogen-bond acceptors (Lipinski definition) is 6.